The summed E-state index contributed by atoms with van der Waals surface area (Å²) in [7, 11) is 0. The maximum absolute atomic E-state index is 13.0. The van der Waals surface area contributed by atoms with Crippen molar-refractivity contribution in [1.29, 1.82) is 0 Å². The fraction of sp³-hybridized carbons (Fsp3) is 0.0833. The highest BCUT2D eigenvalue weighted by atomic mass is 19.4. The van der Waals surface area contributed by atoms with Crippen LogP contribution in [0.2, 0.25) is 0 Å². The Balaban J connectivity index is 1.81. The fourth-order valence-electron chi connectivity index (χ4n) is 3.01. The Morgan fingerprint density at radius 1 is 1.00 bits per heavy atom. The largest absolute Gasteiger partial charge is 0.416 e. The Kier molecular flexibility index (Phi) is 7.97. The first-order valence-corrected chi connectivity index (χ1v) is 10.3. The summed E-state index contributed by atoms with van der Waals surface area (Å²) in [5.41, 5.74) is 0.524. The van der Waals surface area contributed by atoms with Crippen LogP contribution < -0.4 is 15.5 Å². The van der Waals surface area contributed by atoms with Crippen molar-refractivity contribution in [2.75, 3.05) is 5.32 Å². The smallest absolute Gasteiger partial charge is 0.415 e. The summed E-state index contributed by atoms with van der Waals surface area (Å²) < 4.78 is 44.0. The van der Waals surface area contributed by atoms with Gasteiger partial charge in [0.2, 0.25) is 11.7 Å². The number of para-hydroxylation sites is 1. The number of carbonyl (C=O) groups excluding carboxylic acids is 3. The number of hydrogen-bond donors (Lipinski definition) is 2. The number of nitro benzene ring substituents is 1. The number of benzene rings is 3. The molecule has 0 atom stereocenters. The van der Waals surface area contributed by atoms with Crippen LogP contribution in [0.4, 0.5) is 24.5 Å². The van der Waals surface area contributed by atoms with Crippen LogP contribution in [0, 0.1) is 10.1 Å². The number of hydrazone groups is 1. The minimum absolute atomic E-state index is 0.101. The molecule has 0 unspecified atom stereocenters. The summed E-state index contributed by atoms with van der Waals surface area (Å²) in [6.07, 6.45) is -3.74. The predicted molar refractivity (Wildman–Crippen MR) is 125 cm³/mol. The van der Waals surface area contributed by atoms with Crippen LogP contribution in [0.5, 0.6) is 5.75 Å². The molecule has 0 spiro atoms. The summed E-state index contributed by atoms with van der Waals surface area (Å²) in [6.45, 7) is 1.33. The average Bonchev–Trinajstić information content (AvgIpc) is 2.84. The molecule has 190 valence electrons. The summed E-state index contributed by atoms with van der Waals surface area (Å²) in [6, 6.07) is 12.8. The number of esters is 1. The highest BCUT2D eigenvalue weighted by molar-refractivity contribution is 5.97. The van der Waals surface area contributed by atoms with Gasteiger partial charge in [-0.1, -0.05) is 12.1 Å². The van der Waals surface area contributed by atoms with Gasteiger partial charge in [0.05, 0.1) is 22.3 Å². The van der Waals surface area contributed by atoms with Gasteiger partial charge < -0.3 is 10.1 Å². The highest BCUT2D eigenvalue weighted by Gasteiger charge is 2.31. The van der Waals surface area contributed by atoms with Crippen molar-refractivity contribution in [3.05, 3.63) is 99.1 Å². The van der Waals surface area contributed by atoms with Crippen molar-refractivity contribution in [2.24, 2.45) is 5.10 Å². The van der Waals surface area contributed by atoms with E-state index in [1.54, 1.807) is 0 Å². The van der Waals surface area contributed by atoms with E-state index >= 15 is 0 Å². The number of nitrogens with zero attached hydrogens (tertiary/aromatic N) is 2. The van der Waals surface area contributed by atoms with Crippen LogP contribution in [-0.4, -0.2) is 28.9 Å². The van der Waals surface area contributed by atoms with Gasteiger partial charge in [-0.25, -0.2) is 10.2 Å². The first-order chi connectivity index (χ1) is 17.5. The molecule has 0 radical (unpaired) electrons. The van der Waals surface area contributed by atoms with Crippen molar-refractivity contribution in [3.8, 4) is 5.75 Å². The van der Waals surface area contributed by atoms with Gasteiger partial charge in [0.1, 0.15) is 0 Å². The topological polar surface area (TPSA) is 140 Å². The summed E-state index contributed by atoms with van der Waals surface area (Å²) in [5, 5.41) is 17.7. The van der Waals surface area contributed by atoms with Gasteiger partial charge in [0.25, 0.3) is 5.91 Å². The normalized spacial score (nSPS) is 11.1. The fourth-order valence-corrected chi connectivity index (χ4v) is 3.01. The van der Waals surface area contributed by atoms with Gasteiger partial charge >= 0.3 is 17.8 Å². The molecule has 13 heteroatoms. The van der Waals surface area contributed by atoms with E-state index in [1.807, 2.05) is 0 Å². The summed E-state index contributed by atoms with van der Waals surface area (Å²) >= 11 is 0. The van der Waals surface area contributed by atoms with Crippen molar-refractivity contribution >= 4 is 35.4 Å². The van der Waals surface area contributed by atoms with Crippen LogP contribution in [0.15, 0.2) is 71.8 Å². The zero-order valence-electron chi connectivity index (χ0n) is 18.9. The monoisotopic (exact) mass is 514 g/mol. The Hall–Kier alpha value is -5.07. The van der Waals surface area contributed by atoms with Gasteiger partial charge in [-0.05, 0) is 48.5 Å². The zero-order valence-corrected chi connectivity index (χ0v) is 18.9. The molecule has 37 heavy (non-hydrogen) atoms. The first-order valence-electron chi connectivity index (χ1n) is 10.3. The molecule has 0 fully saturated rings. The maximum Gasteiger partial charge on any atom is 0.416 e. The Bertz CT molecular complexity index is 1390. The van der Waals surface area contributed by atoms with Crippen LogP contribution in [0.3, 0.4) is 0 Å². The quantitative estimate of drug-likeness (QED) is 0.156. The Labute approximate surface area is 206 Å². The number of alkyl halides is 3. The molecule has 3 aromatic carbocycles. The van der Waals surface area contributed by atoms with Crippen molar-refractivity contribution < 1.29 is 37.2 Å². The lowest BCUT2D eigenvalue weighted by atomic mass is 10.1. The molecular formula is C24H17F3N4O6. The number of nitrogens with one attached hydrogen (secondary N) is 2. The minimum atomic E-state index is -4.71. The first kappa shape index (κ1) is 26.5. The lowest BCUT2D eigenvalue weighted by molar-refractivity contribution is -0.385. The Morgan fingerprint density at radius 2 is 1.68 bits per heavy atom. The molecule has 3 rings (SSSR count). The van der Waals surface area contributed by atoms with E-state index in [1.165, 1.54) is 43.3 Å². The molecule has 0 aromatic heterocycles. The van der Waals surface area contributed by atoms with E-state index in [-0.39, 0.29) is 17.0 Å². The van der Waals surface area contributed by atoms with Gasteiger partial charge in [-0.15, -0.1) is 0 Å². The maximum atomic E-state index is 13.0. The van der Waals surface area contributed by atoms with Crippen LogP contribution in [0.25, 0.3) is 0 Å². The molecule has 3 aromatic rings. The third-order valence-corrected chi connectivity index (χ3v) is 4.68. The van der Waals surface area contributed by atoms with Gasteiger partial charge in [0, 0.05) is 29.8 Å². The highest BCUT2D eigenvalue weighted by Crippen LogP contribution is 2.32. The molecule has 0 saturated carbocycles. The van der Waals surface area contributed by atoms with Crippen LogP contribution >= 0.6 is 0 Å². The summed E-state index contributed by atoms with van der Waals surface area (Å²) in [4.78, 5) is 46.5. The lowest BCUT2D eigenvalue weighted by Gasteiger charge is -2.10. The number of amides is 2. The second kappa shape index (κ2) is 11.1. The number of anilines is 1. The summed E-state index contributed by atoms with van der Waals surface area (Å²) in [5.74, 6) is -2.78. The number of nitro groups is 1. The molecule has 0 aliphatic carbocycles. The van der Waals surface area contributed by atoms with E-state index in [9.17, 15) is 37.7 Å². The molecular weight excluding hydrogens is 497 g/mol. The van der Waals surface area contributed by atoms with E-state index in [0.29, 0.717) is 11.8 Å². The second-order valence-corrected chi connectivity index (χ2v) is 7.38. The molecule has 0 saturated heterocycles. The second-order valence-electron chi connectivity index (χ2n) is 7.38. The van der Waals surface area contributed by atoms with E-state index in [0.717, 1.165) is 30.5 Å². The molecule has 10 nitrogen and oxygen atoms in total. The van der Waals surface area contributed by atoms with Gasteiger partial charge in [-0.2, -0.15) is 18.3 Å². The minimum Gasteiger partial charge on any atom is -0.415 e. The van der Waals surface area contributed by atoms with Gasteiger partial charge in [0.15, 0.2) is 0 Å². The number of carbonyl (C=O) groups is 3. The van der Waals surface area contributed by atoms with E-state index < -0.39 is 45.5 Å². The molecule has 0 bridgehead atoms. The van der Waals surface area contributed by atoms with Crippen molar-refractivity contribution in [2.45, 2.75) is 13.1 Å². The standard InChI is InChI=1S/C24H17F3N4O6/c1-14(32)29-19-10-8-15(9-11-19)22(33)30-28-13-17-5-3-7-20(31(35)36)21(17)37-23(34)16-4-2-6-18(12-16)24(25,26)27/h2-13H,1H3,(H,29,32)(H,30,33)/b28-13+. The van der Waals surface area contributed by atoms with Crippen LogP contribution in [-0.2, 0) is 11.0 Å². The van der Waals surface area contributed by atoms with E-state index in [2.05, 4.69) is 15.8 Å². The van der Waals surface area contributed by atoms with Crippen molar-refractivity contribution in [3.63, 3.8) is 0 Å². The van der Waals surface area contributed by atoms with Crippen LogP contribution in [0.1, 0.15) is 38.8 Å². The van der Waals surface area contributed by atoms with E-state index in [4.69, 9.17) is 4.74 Å². The molecule has 0 heterocycles. The molecule has 0 aliphatic heterocycles. The predicted octanol–water partition coefficient (Wildman–Crippen LogP) is 4.56. The SMILES string of the molecule is CC(=O)Nc1ccc(C(=O)N/N=C/c2cccc([N+](=O)[O-])c2OC(=O)c2cccc(C(F)(F)F)c2)cc1. The zero-order chi connectivity index (χ0) is 27.2. The number of ether oxygens (including phenoxy) is 1. The van der Waals surface area contributed by atoms with Crippen molar-refractivity contribution in [1.82, 2.24) is 5.43 Å². The number of rotatable bonds is 7. The molecule has 0 aliphatic rings. The third kappa shape index (κ3) is 6.97. The third-order valence-electron chi connectivity index (χ3n) is 4.68. The number of hydrogen-bond acceptors (Lipinski definition) is 7. The number of halogens is 3. The average molecular weight is 514 g/mol. The Morgan fingerprint density at radius 3 is 2.30 bits per heavy atom. The van der Waals surface area contributed by atoms with Gasteiger partial charge in [-0.3, -0.25) is 19.7 Å². The molecule has 2 amide bonds. The lowest BCUT2D eigenvalue weighted by Crippen LogP contribution is -2.18. The molecule has 2 N–H and O–H groups in total.